The number of hydrogen-bond acceptors (Lipinski definition) is 5. The van der Waals surface area contributed by atoms with E-state index in [2.05, 4.69) is 21.2 Å². The zero-order valence-corrected chi connectivity index (χ0v) is 21.0. The van der Waals surface area contributed by atoms with Crippen LogP contribution in [0.25, 0.3) is 6.08 Å². The van der Waals surface area contributed by atoms with Gasteiger partial charge >= 0.3 is 0 Å². The molecule has 178 valence electrons. The van der Waals surface area contributed by atoms with Gasteiger partial charge < -0.3 is 9.47 Å². The van der Waals surface area contributed by atoms with E-state index in [1.165, 1.54) is 24.3 Å². The molecule has 35 heavy (non-hydrogen) atoms. The smallest absolute Gasteiger partial charge is 0.270 e. The predicted octanol–water partition coefficient (Wildman–Crippen LogP) is 5.40. The van der Waals surface area contributed by atoms with Gasteiger partial charge in [-0.05, 0) is 72.7 Å². The zero-order chi connectivity index (χ0) is 24.9. The molecule has 0 atom stereocenters. The van der Waals surface area contributed by atoms with Gasteiger partial charge in [0.15, 0.2) is 16.6 Å². The predicted molar refractivity (Wildman–Crippen MR) is 139 cm³/mol. The molecule has 1 saturated heterocycles. The molecule has 2 amide bonds. The molecular formula is C26H20BrFN2O4S. The Bertz CT molecular complexity index is 1330. The largest absolute Gasteiger partial charge is 0.490 e. The Hall–Kier alpha value is -3.56. The number of ether oxygens (including phenoxy) is 2. The summed E-state index contributed by atoms with van der Waals surface area (Å²) in [4.78, 5) is 26.7. The topological polar surface area (TPSA) is 67.9 Å². The van der Waals surface area contributed by atoms with Crippen molar-refractivity contribution in [2.24, 2.45) is 0 Å². The van der Waals surface area contributed by atoms with Crippen LogP contribution in [-0.4, -0.2) is 23.5 Å². The summed E-state index contributed by atoms with van der Waals surface area (Å²) >= 11 is 8.54. The number of carbonyl (C=O) groups excluding carboxylic acids is 2. The highest BCUT2D eigenvalue weighted by atomic mass is 79.9. The minimum Gasteiger partial charge on any atom is -0.490 e. The van der Waals surface area contributed by atoms with Crippen LogP contribution in [0, 0.1) is 5.82 Å². The van der Waals surface area contributed by atoms with Crippen LogP contribution in [0.4, 0.5) is 10.1 Å². The lowest BCUT2D eigenvalue weighted by atomic mass is 10.1. The van der Waals surface area contributed by atoms with Gasteiger partial charge in [-0.3, -0.25) is 14.9 Å². The lowest BCUT2D eigenvalue weighted by molar-refractivity contribution is -0.122. The molecule has 6 nitrogen and oxygen atoms in total. The van der Waals surface area contributed by atoms with E-state index < -0.39 is 17.6 Å². The number of thiocarbonyl (C=S) groups is 1. The Balaban J connectivity index is 1.61. The van der Waals surface area contributed by atoms with E-state index in [1.807, 2.05) is 31.2 Å². The third kappa shape index (κ3) is 5.58. The molecule has 1 heterocycles. The fraction of sp³-hybridized carbons (Fsp3) is 0.115. The Kier molecular flexibility index (Phi) is 7.57. The summed E-state index contributed by atoms with van der Waals surface area (Å²) in [5.41, 5.74) is 1.28. The van der Waals surface area contributed by atoms with Crippen molar-refractivity contribution in [2.45, 2.75) is 13.5 Å². The van der Waals surface area contributed by atoms with E-state index >= 15 is 0 Å². The third-order valence-corrected chi connectivity index (χ3v) is 5.89. The van der Waals surface area contributed by atoms with E-state index in [0.29, 0.717) is 30.3 Å². The lowest BCUT2D eigenvalue weighted by Crippen LogP contribution is -2.54. The first-order chi connectivity index (χ1) is 16.9. The average molecular weight is 555 g/mol. The number of nitrogens with one attached hydrogen (secondary N) is 1. The monoisotopic (exact) mass is 554 g/mol. The van der Waals surface area contributed by atoms with E-state index in [4.69, 9.17) is 21.7 Å². The summed E-state index contributed by atoms with van der Waals surface area (Å²) in [7, 11) is 0. The molecule has 0 unspecified atom stereocenters. The van der Waals surface area contributed by atoms with Gasteiger partial charge in [0.2, 0.25) is 0 Å². The van der Waals surface area contributed by atoms with Gasteiger partial charge in [0.1, 0.15) is 18.0 Å². The van der Waals surface area contributed by atoms with Gasteiger partial charge in [-0.2, -0.15) is 0 Å². The minimum absolute atomic E-state index is 0.0416. The summed E-state index contributed by atoms with van der Waals surface area (Å²) in [6.07, 6.45) is 1.41. The van der Waals surface area contributed by atoms with Crippen molar-refractivity contribution in [1.82, 2.24) is 5.32 Å². The van der Waals surface area contributed by atoms with Gasteiger partial charge in [0.25, 0.3) is 11.8 Å². The van der Waals surface area contributed by atoms with Gasteiger partial charge in [-0.25, -0.2) is 9.29 Å². The molecule has 3 aromatic rings. The maximum Gasteiger partial charge on any atom is 0.270 e. The molecule has 1 aliphatic rings. The number of rotatable bonds is 7. The number of carbonyl (C=O) groups is 2. The Morgan fingerprint density at radius 1 is 1.03 bits per heavy atom. The molecule has 4 rings (SSSR count). The standard InChI is InChI=1S/C26H20BrFN2O4S/c1-2-33-23-14-17(9-12-22(23)34-15-16-7-10-18(27)11-8-16)13-19-24(31)29-26(35)30(25(19)32)21-6-4-3-5-20(21)28/h3-14H,2,15H2,1H3,(H,29,31,35)/b19-13+. The van der Waals surface area contributed by atoms with Crippen molar-refractivity contribution >= 4 is 56.8 Å². The first kappa shape index (κ1) is 24.6. The first-order valence-corrected chi connectivity index (χ1v) is 11.9. The van der Waals surface area contributed by atoms with Crippen molar-refractivity contribution in [1.29, 1.82) is 0 Å². The SMILES string of the molecule is CCOc1cc(/C=C2\C(=O)NC(=S)N(c3ccccc3F)C2=O)ccc1OCc1ccc(Br)cc1. The van der Waals surface area contributed by atoms with Crippen LogP contribution < -0.4 is 19.7 Å². The Labute approximate surface area is 215 Å². The molecule has 0 radical (unpaired) electrons. The summed E-state index contributed by atoms with van der Waals surface area (Å²) in [5.74, 6) is -1.04. The molecule has 3 aromatic carbocycles. The van der Waals surface area contributed by atoms with Crippen molar-refractivity contribution in [3.63, 3.8) is 0 Å². The molecule has 0 aromatic heterocycles. The summed E-state index contributed by atoms with van der Waals surface area (Å²) < 4.78 is 27.0. The summed E-state index contributed by atoms with van der Waals surface area (Å²) in [5, 5.41) is 2.27. The van der Waals surface area contributed by atoms with Crippen LogP contribution >= 0.6 is 28.1 Å². The van der Waals surface area contributed by atoms with E-state index in [0.717, 1.165) is 14.9 Å². The van der Waals surface area contributed by atoms with Crippen LogP contribution in [-0.2, 0) is 16.2 Å². The molecule has 0 bridgehead atoms. The van der Waals surface area contributed by atoms with Crippen LogP contribution in [0.1, 0.15) is 18.1 Å². The molecule has 1 fully saturated rings. The Morgan fingerprint density at radius 2 is 1.77 bits per heavy atom. The number of benzene rings is 3. The summed E-state index contributed by atoms with van der Waals surface area (Å²) in [6.45, 7) is 2.57. The Morgan fingerprint density at radius 3 is 2.49 bits per heavy atom. The van der Waals surface area contributed by atoms with Crippen molar-refractivity contribution in [2.75, 3.05) is 11.5 Å². The van der Waals surface area contributed by atoms with E-state index in [-0.39, 0.29) is 16.4 Å². The second kappa shape index (κ2) is 10.8. The van der Waals surface area contributed by atoms with Gasteiger partial charge in [0, 0.05) is 4.47 Å². The molecule has 0 aliphatic carbocycles. The lowest BCUT2D eigenvalue weighted by Gasteiger charge is -2.29. The quantitative estimate of drug-likeness (QED) is 0.241. The van der Waals surface area contributed by atoms with Crippen LogP contribution in [0.3, 0.4) is 0 Å². The number of hydrogen-bond donors (Lipinski definition) is 1. The van der Waals surface area contributed by atoms with Crippen LogP contribution in [0.5, 0.6) is 11.5 Å². The fourth-order valence-corrected chi connectivity index (χ4v) is 3.96. The van der Waals surface area contributed by atoms with Gasteiger partial charge in [-0.1, -0.05) is 46.3 Å². The molecule has 0 spiro atoms. The molecular weight excluding hydrogens is 535 g/mol. The van der Waals surface area contributed by atoms with Crippen molar-refractivity contribution in [3.05, 3.63) is 93.7 Å². The fourth-order valence-electron chi connectivity index (χ4n) is 3.42. The zero-order valence-electron chi connectivity index (χ0n) is 18.6. The second-order valence-electron chi connectivity index (χ2n) is 7.46. The van der Waals surface area contributed by atoms with Crippen molar-refractivity contribution < 1.29 is 23.5 Å². The van der Waals surface area contributed by atoms with Crippen molar-refractivity contribution in [3.8, 4) is 11.5 Å². The molecule has 0 saturated carbocycles. The number of anilines is 1. The molecule has 9 heteroatoms. The molecule has 1 aliphatic heterocycles. The average Bonchev–Trinajstić information content (AvgIpc) is 2.83. The van der Waals surface area contributed by atoms with Crippen LogP contribution in [0.15, 0.2) is 76.8 Å². The summed E-state index contributed by atoms with van der Waals surface area (Å²) in [6, 6.07) is 18.6. The van der Waals surface area contributed by atoms with Gasteiger partial charge in [0.05, 0.1) is 12.3 Å². The van der Waals surface area contributed by atoms with Crippen LogP contribution in [0.2, 0.25) is 0 Å². The number of para-hydroxylation sites is 1. The highest BCUT2D eigenvalue weighted by molar-refractivity contribution is 9.10. The van der Waals surface area contributed by atoms with E-state index in [1.54, 1.807) is 24.3 Å². The number of amides is 2. The maximum atomic E-state index is 14.4. The first-order valence-electron chi connectivity index (χ1n) is 10.7. The normalized spacial score (nSPS) is 14.8. The number of nitrogens with zero attached hydrogens (tertiary/aromatic N) is 1. The van der Waals surface area contributed by atoms with E-state index in [9.17, 15) is 14.0 Å². The highest BCUT2D eigenvalue weighted by Crippen LogP contribution is 2.31. The minimum atomic E-state index is -0.725. The molecule has 1 N–H and O–H groups in total. The third-order valence-electron chi connectivity index (χ3n) is 5.08. The second-order valence-corrected chi connectivity index (χ2v) is 8.77. The maximum absolute atomic E-state index is 14.4. The number of halogens is 2. The van der Waals surface area contributed by atoms with Gasteiger partial charge in [-0.15, -0.1) is 0 Å². The highest BCUT2D eigenvalue weighted by Gasteiger charge is 2.35.